The molecular formula is C26H31NO5. The van der Waals surface area contributed by atoms with Crippen molar-refractivity contribution in [3.8, 4) is 11.5 Å². The van der Waals surface area contributed by atoms with Crippen LogP contribution in [0.3, 0.4) is 0 Å². The van der Waals surface area contributed by atoms with Gasteiger partial charge in [-0.2, -0.15) is 0 Å². The van der Waals surface area contributed by atoms with Crippen LogP contribution in [-0.2, 0) is 33.6 Å². The Morgan fingerprint density at radius 1 is 1.00 bits per heavy atom. The molecule has 0 spiro atoms. The molecule has 1 heterocycles. The van der Waals surface area contributed by atoms with Crippen molar-refractivity contribution in [1.29, 1.82) is 0 Å². The van der Waals surface area contributed by atoms with E-state index >= 15 is 0 Å². The zero-order valence-electron chi connectivity index (χ0n) is 18.8. The van der Waals surface area contributed by atoms with E-state index in [1.54, 1.807) is 19.1 Å². The summed E-state index contributed by atoms with van der Waals surface area (Å²) in [6.45, 7) is 0.902. The van der Waals surface area contributed by atoms with Gasteiger partial charge in [-0.15, -0.1) is 0 Å². The van der Waals surface area contributed by atoms with Crippen molar-refractivity contribution in [2.45, 2.75) is 44.6 Å². The standard InChI is InChI=1S/C26H31NO5/c1-30-23-10-9-18(16-24(23)31-2)11-13-32-26(29)22-8-5-12-27(22)25(28)17-19-14-20-6-3-4-7-21(20)15-19/h3-4,6-7,9-10,16,19,22H,5,8,11-15,17H2,1-2H3/t22-/m0/s1. The second-order valence-electron chi connectivity index (χ2n) is 8.60. The Morgan fingerprint density at radius 2 is 1.72 bits per heavy atom. The number of hydrogen-bond acceptors (Lipinski definition) is 5. The molecule has 0 N–H and O–H groups in total. The van der Waals surface area contributed by atoms with Gasteiger partial charge in [-0.05, 0) is 60.4 Å². The molecule has 170 valence electrons. The molecule has 2 aromatic rings. The van der Waals surface area contributed by atoms with Crippen molar-refractivity contribution in [3.63, 3.8) is 0 Å². The topological polar surface area (TPSA) is 65.1 Å². The Bertz CT molecular complexity index is 947. The van der Waals surface area contributed by atoms with Gasteiger partial charge in [0.05, 0.1) is 20.8 Å². The lowest BCUT2D eigenvalue weighted by molar-refractivity contribution is -0.153. The van der Waals surface area contributed by atoms with E-state index in [1.165, 1.54) is 11.1 Å². The highest BCUT2D eigenvalue weighted by Crippen LogP contribution is 2.31. The van der Waals surface area contributed by atoms with Crippen molar-refractivity contribution in [2.75, 3.05) is 27.4 Å². The largest absolute Gasteiger partial charge is 0.493 e. The summed E-state index contributed by atoms with van der Waals surface area (Å²) >= 11 is 0. The molecule has 1 aliphatic carbocycles. The van der Waals surface area contributed by atoms with Crippen LogP contribution < -0.4 is 9.47 Å². The molecular weight excluding hydrogens is 406 g/mol. The van der Waals surface area contributed by atoms with Gasteiger partial charge in [0.15, 0.2) is 11.5 Å². The monoisotopic (exact) mass is 437 g/mol. The van der Waals surface area contributed by atoms with Gasteiger partial charge in [0, 0.05) is 19.4 Å². The highest BCUT2D eigenvalue weighted by atomic mass is 16.5. The molecule has 4 rings (SSSR count). The smallest absolute Gasteiger partial charge is 0.328 e. The van der Waals surface area contributed by atoms with E-state index < -0.39 is 6.04 Å². The SMILES string of the molecule is COc1ccc(CCOC(=O)[C@@H]2CCCN2C(=O)CC2Cc3ccccc3C2)cc1OC. The molecule has 0 saturated carbocycles. The summed E-state index contributed by atoms with van der Waals surface area (Å²) in [4.78, 5) is 27.5. The first kappa shape index (κ1) is 22.2. The van der Waals surface area contributed by atoms with E-state index in [0.717, 1.165) is 24.8 Å². The van der Waals surface area contributed by atoms with Gasteiger partial charge >= 0.3 is 5.97 Å². The summed E-state index contributed by atoms with van der Waals surface area (Å²) in [6, 6.07) is 13.6. The predicted molar refractivity (Wildman–Crippen MR) is 121 cm³/mol. The summed E-state index contributed by atoms with van der Waals surface area (Å²) in [5.74, 6) is 1.41. The van der Waals surface area contributed by atoms with Gasteiger partial charge in [0.1, 0.15) is 6.04 Å². The predicted octanol–water partition coefficient (Wildman–Crippen LogP) is 3.59. The van der Waals surface area contributed by atoms with Crippen molar-refractivity contribution in [1.82, 2.24) is 4.90 Å². The summed E-state index contributed by atoms with van der Waals surface area (Å²) in [5, 5.41) is 0. The first-order valence-electron chi connectivity index (χ1n) is 11.3. The molecule has 2 aliphatic rings. The van der Waals surface area contributed by atoms with Crippen molar-refractivity contribution in [3.05, 3.63) is 59.2 Å². The van der Waals surface area contributed by atoms with Crippen LogP contribution in [0, 0.1) is 5.92 Å². The molecule has 1 amide bonds. The maximum atomic E-state index is 13.0. The zero-order chi connectivity index (χ0) is 22.5. The number of hydrogen-bond donors (Lipinski definition) is 0. The molecule has 0 bridgehead atoms. The van der Waals surface area contributed by atoms with Gasteiger partial charge in [-0.25, -0.2) is 4.79 Å². The average molecular weight is 438 g/mol. The van der Waals surface area contributed by atoms with Crippen LogP contribution in [0.2, 0.25) is 0 Å². The van der Waals surface area contributed by atoms with Crippen LogP contribution in [0.5, 0.6) is 11.5 Å². The number of likely N-dealkylation sites (tertiary alicyclic amines) is 1. The second kappa shape index (κ2) is 10.1. The number of carbonyl (C=O) groups excluding carboxylic acids is 2. The molecule has 1 aliphatic heterocycles. The summed E-state index contributed by atoms with van der Waals surface area (Å²) in [5.41, 5.74) is 3.69. The maximum absolute atomic E-state index is 13.0. The Morgan fingerprint density at radius 3 is 2.41 bits per heavy atom. The average Bonchev–Trinajstić information content (AvgIpc) is 3.45. The number of carbonyl (C=O) groups is 2. The van der Waals surface area contributed by atoms with E-state index in [2.05, 4.69) is 24.3 Å². The number of fused-ring (bicyclic) bond motifs is 1. The maximum Gasteiger partial charge on any atom is 0.328 e. The van der Waals surface area contributed by atoms with Crippen LogP contribution >= 0.6 is 0 Å². The third-order valence-electron chi connectivity index (χ3n) is 6.53. The molecule has 0 aromatic heterocycles. The van der Waals surface area contributed by atoms with Gasteiger partial charge in [-0.3, -0.25) is 4.79 Å². The molecule has 2 aromatic carbocycles. The summed E-state index contributed by atoms with van der Waals surface area (Å²) in [7, 11) is 3.19. The van der Waals surface area contributed by atoms with E-state index in [4.69, 9.17) is 14.2 Å². The normalized spacial score (nSPS) is 17.8. The van der Waals surface area contributed by atoms with Gasteiger partial charge < -0.3 is 19.1 Å². The van der Waals surface area contributed by atoms with Crippen molar-refractivity contribution in [2.24, 2.45) is 5.92 Å². The van der Waals surface area contributed by atoms with E-state index in [9.17, 15) is 9.59 Å². The quantitative estimate of drug-likeness (QED) is 0.591. The van der Waals surface area contributed by atoms with E-state index in [-0.39, 0.29) is 18.5 Å². The van der Waals surface area contributed by atoms with Crippen LogP contribution in [0.4, 0.5) is 0 Å². The lowest BCUT2D eigenvalue weighted by Crippen LogP contribution is -2.42. The third-order valence-corrected chi connectivity index (χ3v) is 6.53. The van der Waals surface area contributed by atoms with Crippen LogP contribution in [0.25, 0.3) is 0 Å². The Labute approximate surface area is 189 Å². The fourth-order valence-electron chi connectivity index (χ4n) is 4.87. The fourth-order valence-corrected chi connectivity index (χ4v) is 4.87. The highest BCUT2D eigenvalue weighted by molar-refractivity contribution is 5.85. The number of methoxy groups -OCH3 is 2. The molecule has 1 saturated heterocycles. The Hall–Kier alpha value is -3.02. The van der Waals surface area contributed by atoms with Crippen LogP contribution in [-0.4, -0.2) is 50.2 Å². The molecule has 32 heavy (non-hydrogen) atoms. The number of nitrogens with zero attached hydrogens (tertiary/aromatic N) is 1. The molecule has 0 unspecified atom stereocenters. The Kier molecular flexibility index (Phi) is 6.98. The van der Waals surface area contributed by atoms with Crippen molar-refractivity contribution >= 4 is 11.9 Å². The molecule has 1 atom stereocenters. The second-order valence-corrected chi connectivity index (χ2v) is 8.60. The van der Waals surface area contributed by atoms with E-state index in [1.807, 2.05) is 18.2 Å². The minimum atomic E-state index is -0.461. The lowest BCUT2D eigenvalue weighted by atomic mass is 10.0. The van der Waals surface area contributed by atoms with Crippen LogP contribution in [0.1, 0.15) is 36.0 Å². The molecule has 6 nitrogen and oxygen atoms in total. The summed E-state index contributed by atoms with van der Waals surface area (Å²) in [6.07, 6.45) is 4.46. The van der Waals surface area contributed by atoms with E-state index in [0.29, 0.717) is 43.2 Å². The first-order valence-corrected chi connectivity index (χ1v) is 11.3. The molecule has 6 heteroatoms. The number of benzene rings is 2. The van der Waals surface area contributed by atoms with Gasteiger partial charge in [0.25, 0.3) is 0 Å². The molecule has 1 fully saturated rings. The lowest BCUT2D eigenvalue weighted by Gasteiger charge is -2.24. The summed E-state index contributed by atoms with van der Waals surface area (Å²) < 4.78 is 16.1. The minimum Gasteiger partial charge on any atom is -0.493 e. The fraction of sp³-hybridized carbons (Fsp3) is 0.462. The van der Waals surface area contributed by atoms with Gasteiger partial charge in [0.2, 0.25) is 5.91 Å². The third kappa shape index (κ3) is 4.90. The number of ether oxygens (including phenoxy) is 3. The number of rotatable bonds is 8. The number of amides is 1. The number of esters is 1. The minimum absolute atomic E-state index is 0.0714. The zero-order valence-corrected chi connectivity index (χ0v) is 18.8. The van der Waals surface area contributed by atoms with Crippen LogP contribution in [0.15, 0.2) is 42.5 Å². The first-order chi connectivity index (χ1) is 15.6. The highest BCUT2D eigenvalue weighted by Gasteiger charge is 2.36. The molecule has 0 radical (unpaired) electrons. The Balaban J connectivity index is 1.27. The van der Waals surface area contributed by atoms with Gasteiger partial charge in [-0.1, -0.05) is 30.3 Å². The van der Waals surface area contributed by atoms with Crippen molar-refractivity contribution < 1.29 is 23.8 Å².